The lowest BCUT2D eigenvalue weighted by atomic mass is 10.2. The second kappa shape index (κ2) is 9.11. The molecule has 0 aliphatic carbocycles. The van der Waals surface area contributed by atoms with Gasteiger partial charge < -0.3 is 9.22 Å². The molecule has 0 aliphatic rings. The molecule has 2 aromatic rings. The molecule has 2 aromatic carbocycles. The molecule has 0 saturated carbocycles. The first-order chi connectivity index (χ1) is 12.5. The average molecular weight is 367 g/mol. The smallest absolute Gasteiger partial charge is 0.261 e. The zero-order valence-corrected chi connectivity index (χ0v) is 17.3. The van der Waals surface area contributed by atoms with E-state index in [4.69, 9.17) is 4.43 Å². The molecule has 2 nitrogen and oxygen atoms in total. The highest BCUT2D eigenvalue weighted by Crippen LogP contribution is 2.38. The monoisotopic (exact) mass is 366 g/mol. The molecule has 0 saturated heterocycles. The van der Waals surface area contributed by atoms with E-state index < -0.39 is 8.32 Å². The maximum atomic E-state index is 11.3. The fraction of sp³-hybridized carbons (Fsp3) is 0.348. The maximum Gasteiger partial charge on any atom is 0.261 e. The number of carbonyl (C=O) groups excluding carboxylic acids is 1. The van der Waals surface area contributed by atoms with Crippen LogP contribution in [0.2, 0.25) is 5.04 Å². The summed E-state index contributed by atoms with van der Waals surface area (Å²) in [4.78, 5) is 11.3. The van der Waals surface area contributed by atoms with E-state index in [-0.39, 0.29) is 11.1 Å². The van der Waals surface area contributed by atoms with Crippen LogP contribution in [-0.2, 0) is 9.22 Å². The molecule has 0 spiro atoms. The Morgan fingerprint density at radius 1 is 0.923 bits per heavy atom. The standard InChI is InChI=1S/C23H30O2Si/c1-5-6-13-20(18-19-24)25-26(23(2,3)4,21-14-9-7-10-15-21)22-16-11-8-12-17-22/h5-12,14-17,19-20H,13,18H2,1-4H3/t20-/m0/s1. The normalized spacial score (nSPS) is 13.7. The number of carbonyl (C=O) groups is 1. The van der Waals surface area contributed by atoms with Crippen LogP contribution >= 0.6 is 0 Å². The van der Waals surface area contributed by atoms with Crippen LogP contribution in [0, 0.1) is 0 Å². The highest BCUT2D eigenvalue weighted by Gasteiger charge is 2.51. The Bertz CT molecular complexity index is 662. The van der Waals surface area contributed by atoms with Crippen molar-refractivity contribution in [1.29, 1.82) is 0 Å². The number of benzene rings is 2. The van der Waals surface area contributed by atoms with Gasteiger partial charge in [-0.3, -0.25) is 0 Å². The Morgan fingerprint density at radius 3 is 1.81 bits per heavy atom. The third-order valence-corrected chi connectivity index (χ3v) is 9.85. The molecule has 0 radical (unpaired) electrons. The molecule has 2 rings (SSSR count). The van der Waals surface area contributed by atoms with Crippen molar-refractivity contribution in [2.75, 3.05) is 0 Å². The van der Waals surface area contributed by atoms with Gasteiger partial charge in [0.2, 0.25) is 0 Å². The fourth-order valence-corrected chi connectivity index (χ4v) is 8.24. The summed E-state index contributed by atoms with van der Waals surface area (Å²) in [6, 6.07) is 21.1. The Morgan fingerprint density at radius 2 is 1.42 bits per heavy atom. The number of hydrogen-bond donors (Lipinski definition) is 0. The zero-order chi connectivity index (χ0) is 19.0. The van der Waals surface area contributed by atoms with Crippen LogP contribution in [0.5, 0.6) is 0 Å². The van der Waals surface area contributed by atoms with Crippen LogP contribution in [0.3, 0.4) is 0 Å². The molecule has 0 aliphatic heterocycles. The van der Waals surface area contributed by atoms with E-state index in [2.05, 4.69) is 75.4 Å². The lowest BCUT2D eigenvalue weighted by Crippen LogP contribution is -2.67. The Labute approximate surface area is 159 Å². The first-order valence-corrected chi connectivity index (χ1v) is 11.2. The molecular formula is C23H30O2Si. The van der Waals surface area contributed by atoms with Gasteiger partial charge >= 0.3 is 0 Å². The largest absolute Gasteiger partial charge is 0.404 e. The first kappa shape index (κ1) is 20.3. The van der Waals surface area contributed by atoms with Crippen LogP contribution in [0.25, 0.3) is 0 Å². The van der Waals surface area contributed by atoms with Crippen molar-refractivity contribution in [3.8, 4) is 0 Å². The second-order valence-corrected chi connectivity index (χ2v) is 11.9. The SMILES string of the molecule is CC=CC[C@@H](CC=O)O[Si](c1ccccc1)(c1ccccc1)C(C)(C)C. The summed E-state index contributed by atoms with van der Waals surface area (Å²) in [5.41, 5.74) is 0. The topological polar surface area (TPSA) is 26.3 Å². The van der Waals surface area contributed by atoms with Crippen LogP contribution < -0.4 is 10.4 Å². The van der Waals surface area contributed by atoms with E-state index in [0.29, 0.717) is 6.42 Å². The molecule has 0 heterocycles. The van der Waals surface area contributed by atoms with Crippen molar-refractivity contribution < 1.29 is 9.22 Å². The summed E-state index contributed by atoms with van der Waals surface area (Å²) in [6.45, 7) is 8.77. The molecule has 0 amide bonds. The number of hydrogen-bond acceptors (Lipinski definition) is 2. The fourth-order valence-electron chi connectivity index (χ4n) is 3.53. The van der Waals surface area contributed by atoms with E-state index in [9.17, 15) is 4.79 Å². The van der Waals surface area contributed by atoms with Gasteiger partial charge in [-0.25, -0.2) is 0 Å². The lowest BCUT2D eigenvalue weighted by Gasteiger charge is -2.45. The van der Waals surface area contributed by atoms with Crippen LogP contribution in [0.15, 0.2) is 72.8 Å². The average Bonchev–Trinajstić information content (AvgIpc) is 2.64. The van der Waals surface area contributed by atoms with Crippen LogP contribution in [-0.4, -0.2) is 20.7 Å². The quantitative estimate of drug-likeness (QED) is 0.391. The molecule has 1 atom stereocenters. The van der Waals surface area contributed by atoms with Crippen molar-refractivity contribution in [3.05, 3.63) is 72.8 Å². The van der Waals surface area contributed by atoms with Crippen LogP contribution in [0.1, 0.15) is 40.5 Å². The summed E-state index contributed by atoms with van der Waals surface area (Å²) >= 11 is 0. The minimum Gasteiger partial charge on any atom is -0.404 e. The number of aldehydes is 1. The van der Waals surface area contributed by atoms with Crippen molar-refractivity contribution >= 4 is 25.0 Å². The Hall–Kier alpha value is -1.97. The van der Waals surface area contributed by atoms with Gasteiger partial charge in [0, 0.05) is 6.42 Å². The molecule has 0 fully saturated rings. The summed E-state index contributed by atoms with van der Waals surface area (Å²) in [5.74, 6) is 0. The van der Waals surface area contributed by atoms with Gasteiger partial charge in [0.25, 0.3) is 8.32 Å². The molecule has 0 unspecified atom stereocenters. The Balaban J connectivity index is 2.65. The lowest BCUT2D eigenvalue weighted by molar-refractivity contribution is -0.109. The summed E-state index contributed by atoms with van der Waals surface area (Å²) in [5, 5.41) is 2.41. The summed E-state index contributed by atoms with van der Waals surface area (Å²) in [7, 11) is -2.59. The molecule has 138 valence electrons. The van der Waals surface area contributed by atoms with Gasteiger partial charge in [-0.1, -0.05) is 93.6 Å². The van der Waals surface area contributed by atoms with E-state index in [1.165, 1.54) is 10.4 Å². The first-order valence-electron chi connectivity index (χ1n) is 9.29. The molecule has 3 heteroatoms. The van der Waals surface area contributed by atoms with Gasteiger partial charge in [0.15, 0.2) is 0 Å². The highest BCUT2D eigenvalue weighted by molar-refractivity contribution is 6.99. The predicted molar refractivity (Wildman–Crippen MR) is 113 cm³/mol. The molecule has 0 N–H and O–H groups in total. The van der Waals surface area contributed by atoms with Gasteiger partial charge in [-0.15, -0.1) is 0 Å². The molecule has 0 bridgehead atoms. The minimum absolute atomic E-state index is 0.0766. The van der Waals surface area contributed by atoms with Crippen molar-refractivity contribution in [2.45, 2.75) is 51.7 Å². The molecular weight excluding hydrogens is 336 g/mol. The minimum atomic E-state index is -2.59. The summed E-state index contributed by atoms with van der Waals surface area (Å²) < 4.78 is 6.97. The third-order valence-electron chi connectivity index (χ3n) is 4.75. The summed E-state index contributed by atoms with van der Waals surface area (Å²) in [6.07, 6.45) is 6.13. The van der Waals surface area contributed by atoms with Crippen molar-refractivity contribution in [1.82, 2.24) is 0 Å². The zero-order valence-electron chi connectivity index (χ0n) is 16.3. The van der Waals surface area contributed by atoms with Crippen molar-refractivity contribution in [3.63, 3.8) is 0 Å². The van der Waals surface area contributed by atoms with Gasteiger partial charge in [0.05, 0.1) is 6.10 Å². The van der Waals surface area contributed by atoms with Crippen LogP contribution in [0.4, 0.5) is 0 Å². The third kappa shape index (κ3) is 4.40. The van der Waals surface area contributed by atoms with E-state index in [1.54, 1.807) is 0 Å². The maximum absolute atomic E-state index is 11.3. The van der Waals surface area contributed by atoms with Gasteiger partial charge in [-0.2, -0.15) is 0 Å². The molecule has 26 heavy (non-hydrogen) atoms. The number of rotatable bonds is 8. The van der Waals surface area contributed by atoms with E-state index in [1.807, 2.05) is 25.1 Å². The second-order valence-electron chi connectivity index (χ2n) is 7.61. The molecule has 0 aromatic heterocycles. The number of allylic oxidation sites excluding steroid dienone is 1. The van der Waals surface area contributed by atoms with Crippen molar-refractivity contribution in [2.24, 2.45) is 0 Å². The van der Waals surface area contributed by atoms with Gasteiger partial charge in [0.1, 0.15) is 6.29 Å². The van der Waals surface area contributed by atoms with Gasteiger partial charge in [-0.05, 0) is 28.8 Å². The predicted octanol–water partition coefficient (Wildman–Crippen LogP) is 4.49. The highest BCUT2D eigenvalue weighted by atomic mass is 28.4. The Kier molecular flexibility index (Phi) is 7.12. The van der Waals surface area contributed by atoms with E-state index >= 15 is 0 Å². The van der Waals surface area contributed by atoms with E-state index in [0.717, 1.165) is 12.7 Å².